The van der Waals surface area contributed by atoms with Crippen molar-refractivity contribution in [2.45, 2.75) is 19.9 Å². The number of benzene rings is 1. The monoisotopic (exact) mass is 488 g/mol. The van der Waals surface area contributed by atoms with E-state index in [1.54, 1.807) is 13.4 Å². The molecular formula is C19H29IN4O3. The van der Waals surface area contributed by atoms with E-state index < -0.39 is 0 Å². The Hall–Kier alpha value is -1.65. The second-order valence-corrected chi connectivity index (χ2v) is 5.59. The van der Waals surface area contributed by atoms with E-state index in [1.165, 1.54) is 0 Å². The maximum atomic E-state index is 5.54. The molecule has 2 rings (SSSR count). The third-order valence-corrected chi connectivity index (χ3v) is 3.51. The van der Waals surface area contributed by atoms with E-state index in [0.29, 0.717) is 32.3 Å². The van der Waals surface area contributed by atoms with E-state index in [9.17, 15) is 0 Å². The Bertz CT molecular complexity index is 649. The second-order valence-electron chi connectivity index (χ2n) is 5.59. The third-order valence-electron chi connectivity index (χ3n) is 3.51. The Morgan fingerprint density at radius 3 is 2.70 bits per heavy atom. The fourth-order valence-electron chi connectivity index (χ4n) is 2.22. The number of hydrogen-bond donors (Lipinski definition) is 2. The number of oxazole rings is 1. The highest BCUT2D eigenvalue weighted by Gasteiger charge is 2.06. The number of aliphatic imine (C=N–C) groups is 1. The lowest BCUT2D eigenvalue weighted by Gasteiger charge is -2.11. The normalized spacial score (nSPS) is 11.1. The number of nitrogens with zero attached hydrogens (tertiary/aromatic N) is 2. The maximum absolute atomic E-state index is 5.54. The van der Waals surface area contributed by atoms with Crippen LogP contribution in [0.5, 0.6) is 0 Å². The van der Waals surface area contributed by atoms with E-state index in [-0.39, 0.29) is 24.0 Å². The van der Waals surface area contributed by atoms with Crippen LogP contribution in [0.3, 0.4) is 0 Å². The molecule has 0 bridgehead atoms. The summed E-state index contributed by atoms with van der Waals surface area (Å²) in [4.78, 5) is 9.04. The molecule has 7 nitrogen and oxygen atoms in total. The summed E-state index contributed by atoms with van der Waals surface area (Å²) in [5.74, 6) is 1.37. The Morgan fingerprint density at radius 1 is 1.15 bits per heavy atom. The van der Waals surface area contributed by atoms with Crippen molar-refractivity contribution in [3.63, 3.8) is 0 Å². The van der Waals surface area contributed by atoms with Crippen molar-refractivity contribution in [3.8, 4) is 11.5 Å². The van der Waals surface area contributed by atoms with E-state index in [0.717, 1.165) is 36.7 Å². The average Bonchev–Trinajstić information content (AvgIpc) is 3.15. The highest BCUT2D eigenvalue weighted by atomic mass is 127. The summed E-state index contributed by atoms with van der Waals surface area (Å²) >= 11 is 0. The lowest BCUT2D eigenvalue weighted by Crippen LogP contribution is -2.38. The number of methoxy groups -OCH3 is 1. The van der Waals surface area contributed by atoms with Crippen molar-refractivity contribution in [1.82, 2.24) is 15.6 Å². The van der Waals surface area contributed by atoms with E-state index in [4.69, 9.17) is 13.9 Å². The van der Waals surface area contributed by atoms with Crippen LogP contribution in [0.1, 0.15) is 19.0 Å². The van der Waals surface area contributed by atoms with Gasteiger partial charge in [0.1, 0.15) is 12.0 Å². The summed E-state index contributed by atoms with van der Waals surface area (Å²) in [5, 5.41) is 6.51. The molecular weight excluding hydrogens is 459 g/mol. The maximum Gasteiger partial charge on any atom is 0.226 e. The van der Waals surface area contributed by atoms with Crippen LogP contribution >= 0.6 is 24.0 Å². The number of ether oxygens (including phenoxy) is 2. The topological polar surface area (TPSA) is 80.9 Å². The molecule has 150 valence electrons. The lowest BCUT2D eigenvalue weighted by molar-refractivity contribution is 0.0698. The summed E-state index contributed by atoms with van der Waals surface area (Å²) in [7, 11) is 1.67. The van der Waals surface area contributed by atoms with Crippen LogP contribution in [0.2, 0.25) is 0 Å². The molecule has 2 aromatic rings. The molecule has 0 aliphatic heterocycles. The Morgan fingerprint density at radius 2 is 1.96 bits per heavy atom. The van der Waals surface area contributed by atoms with Gasteiger partial charge >= 0.3 is 0 Å². The molecule has 0 spiro atoms. The fourth-order valence-corrected chi connectivity index (χ4v) is 2.22. The molecule has 0 amide bonds. The molecule has 0 aliphatic rings. The molecule has 0 saturated heterocycles. The van der Waals surface area contributed by atoms with Gasteiger partial charge in [0.25, 0.3) is 0 Å². The molecule has 0 fully saturated rings. The molecule has 0 aliphatic carbocycles. The van der Waals surface area contributed by atoms with Crippen LogP contribution in [0.25, 0.3) is 11.5 Å². The van der Waals surface area contributed by atoms with Crippen LogP contribution in [0, 0.1) is 0 Å². The first-order valence-corrected chi connectivity index (χ1v) is 8.92. The van der Waals surface area contributed by atoms with Crippen molar-refractivity contribution in [3.05, 3.63) is 42.3 Å². The predicted molar refractivity (Wildman–Crippen MR) is 117 cm³/mol. The van der Waals surface area contributed by atoms with Gasteiger partial charge in [-0.15, -0.1) is 24.0 Å². The van der Waals surface area contributed by atoms with Gasteiger partial charge in [-0.1, -0.05) is 18.2 Å². The Kier molecular flexibility index (Phi) is 12.5. The van der Waals surface area contributed by atoms with Crippen molar-refractivity contribution < 1.29 is 13.9 Å². The molecule has 1 aromatic heterocycles. The van der Waals surface area contributed by atoms with Gasteiger partial charge in [0, 0.05) is 32.4 Å². The molecule has 0 saturated carbocycles. The number of aromatic nitrogens is 1. The first-order valence-electron chi connectivity index (χ1n) is 8.92. The smallest absolute Gasteiger partial charge is 0.226 e. The summed E-state index contributed by atoms with van der Waals surface area (Å²) in [5.41, 5.74) is 1.75. The van der Waals surface area contributed by atoms with Gasteiger partial charge in [-0.3, -0.25) is 0 Å². The summed E-state index contributed by atoms with van der Waals surface area (Å²) in [6.45, 7) is 6.02. The summed E-state index contributed by atoms with van der Waals surface area (Å²) < 4.78 is 15.9. The van der Waals surface area contributed by atoms with Gasteiger partial charge in [-0.2, -0.15) is 0 Å². The zero-order chi connectivity index (χ0) is 18.5. The van der Waals surface area contributed by atoms with E-state index in [1.807, 2.05) is 37.3 Å². The first kappa shape index (κ1) is 23.4. The fraction of sp³-hybridized carbons (Fsp3) is 0.474. The Labute approximate surface area is 178 Å². The summed E-state index contributed by atoms with van der Waals surface area (Å²) in [6, 6.07) is 9.83. The van der Waals surface area contributed by atoms with Crippen molar-refractivity contribution in [2.24, 2.45) is 4.99 Å². The van der Waals surface area contributed by atoms with Crippen LogP contribution < -0.4 is 10.6 Å². The van der Waals surface area contributed by atoms with Crippen molar-refractivity contribution in [2.75, 3.05) is 40.0 Å². The molecule has 0 radical (unpaired) electrons. The van der Waals surface area contributed by atoms with Gasteiger partial charge in [-0.05, 0) is 25.5 Å². The van der Waals surface area contributed by atoms with Crippen LogP contribution in [-0.2, 0) is 16.0 Å². The molecule has 1 aromatic carbocycles. The molecule has 2 N–H and O–H groups in total. The number of rotatable bonds is 11. The lowest BCUT2D eigenvalue weighted by atomic mass is 10.2. The molecule has 0 atom stereocenters. The predicted octanol–water partition coefficient (Wildman–Crippen LogP) is 3.07. The number of hydrogen-bond acceptors (Lipinski definition) is 5. The first-order chi connectivity index (χ1) is 12.8. The number of halogens is 1. The zero-order valence-electron chi connectivity index (χ0n) is 15.9. The summed E-state index contributed by atoms with van der Waals surface area (Å²) in [6.07, 6.45) is 2.55. The minimum absolute atomic E-state index is 0. The third kappa shape index (κ3) is 9.21. The van der Waals surface area contributed by atoms with Crippen molar-refractivity contribution in [1.29, 1.82) is 0 Å². The SMILES string of the molecule is CCNC(=NCc1coc(-c2ccccc2)n1)NCCCOCCOC.I. The molecule has 8 heteroatoms. The minimum atomic E-state index is 0. The van der Waals surface area contributed by atoms with E-state index in [2.05, 4.69) is 20.6 Å². The molecule has 27 heavy (non-hydrogen) atoms. The van der Waals surface area contributed by atoms with Gasteiger partial charge in [-0.25, -0.2) is 9.98 Å². The molecule has 1 heterocycles. The average molecular weight is 488 g/mol. The zero-order valence-corrected chi connectivity index (χ0v) is 18.3. The highest BCUT2D eigenvalue weighted by molar-refractivity contribution is 14.0. The highest BCUT2D eigenvalue weighted by Crippen LogP contribution is 2.18. The minimum Gasteiger partial charge on any atom is -0.444 e. The molecule has 0 unspecified atom stereocenters. The van der Waals surface area contributed by atoms with Gasteiger partial charge < -0.3 is 24.5 Å². The van der Waals surface area contributed by atoms with Crippen LogP contribution in [0.15, 0.2) is 46.0 Å². The van der Waals surface area contributed by atoms with Gasteiger partial charge in [0.15, 0.2) is 5.96 Å². The largest absolute Gasteiger partial charge is 0.444 e. The second kappa shape index (κ2) is 14.4. The van der Waals surface area contributed by atoms with E-state index >= 15 is 0 Å². The standard InChI is InChI=1S/C19H28N4O3.HI/c1-3-20-19(21-10-7-11-25-13-12-24-2)22-14-17-15-26-18(23-17)16-8-5-4-6-9-16;/h4-6,8-9,15H,3,7,10-14H2,1-2H3,(H2,20,21,22);1H. The van der Waals surface area contributed by atoms with Gasteiger partial charge in [0.05, 0.1) is 19.8 Å². The quantitative estimate of drug-likeness (QED) is 0.219. The van der Waals surface area contributed by atoms with Gasteiger partial charge in [0.2, 0.25) is 5.89 Å². The number of guanidine groups is 1. The van der Waals surface area contributed by atoms with Crippen molar-refractivity contribution >= 4 is 29.9 Å². The Balaban J connectivity index is 0.00000364. The van der Waals surface area contributed by atoms with Crippen LogP contribution in [-0.4, -0.2) is 51.0 Å². The number of nitrogens with one attached hydrogen (secondary N) is 2. The van der Waals surface area contributed by atoms with Crippen LogP contribution in [0.4, 0.5) is 0 Å².